The summed E-state index contributed by atoms with van der Waals surface area (Å²) in [5.74, 6) is -0.230. The van der Waals surface area contributed by atoms with Gasteiger partial charge in [0.15, 0.2) is 0 Å². The van der Waals surface area contributed by atoms with E-state index in [1.165, 1.54) is 7.05 Å². The van der Waals surface area contributed by atoms with Gasteiger partial charge < -0.3 is 9.80 Å². The van der Waals surface area contributed by atoms with Gasteiger partial charge in [0.05, 0.1) is 5.56 Å². The summed E-state index contributed by atoms with van der Waals surface area (Å²) in [7, 11) is 1.50. The van der Waals surface area contributed by atoms with Gasteiger partial charge in [-0.3, -0.25) is 19.5 Å². The number of rotatable bonds is 2. The van der Waals surface area contributed by atoms with E-state index < -0.39 is 0 Å². The molecule has 0 bridgehead atoms. The maximum absolute atomic E-state index is 12.5. The normalized spacial score (nSPS) is 19.7. The van der Waals surface area contributed by atoms with Crippen LogP contribution in [0.2, 0.25) is 0 Å². The molecule has 0 aromatic carbocycles. The third kappa shape index (κ3) is 3.08. The van der Waals surface area contributed by atoms with Crippen molar-refractivity contribution < 1.29 is 14.4 Å². The Balaban J connectivity index is 1.62. The number of nitrogens with zero attached hydrogens (tertiary/aromatic N) is 4. The van der Waals surface area contributed by atoms with Crippen LogP contribution in [0.3, 0.4) is 0 Å². The highest BCUT2D eigenvalue weighted by Crippen LogP contribution is 2.22. The third-order valence-electron chi connectivity index (χ3n) is 4.36. The number of pyridine rings is 1. The van der Waals surface area contributed by atoms with E-state index in [1.807, 2.05) is 0 Å². The van der Waals surface area contributed by atoms with Crippen LogP contribution in [0.1, 0.15) is 23.2 Å². The zero-order valence-corrected chi connectivity index (χ0v) is 14.3. The largest absolute Gasteiger partial charge is 0.338 e. The first-order chi connectivity index (χ1) is 11.0. The molecule has 2 aliphatic heterocycles. The second-order valence-corrected chi connectivity index (χ2v) is 6.69. The summed E-state index contributed by atoms with van der Waals surface area (Å²) in [4.78, 5) is 44.7. The minimum absolute atomic E-state index is 0.0149. The van der Waals surface area contributed by atoms with Crippen LogP contribution in [-0.2, 0) is 4.79 Å². The van der Waals surface area contributed by atoms with E-state index >= 15 is 0 Å². The molecule has 2 saturated heterocycles. The Bertz CT molecular complexity index is 658. The highest BCUT2D eigenvalue weighted by molar-refractivity contribution is 9.10. The van der Waals surface area contributed by atoms with Gasteiger partial charge in [0.2, 0.25) is 5.91 Å². The molecule has 0 atom stereocenters. The van der Waals surface area contributed by atoms with E-state index in [2.05, 4.69) is 20.9 Å². The zero-order chi connectivity index (χ0) is 16.6. The number of hydrogen-bond acceptors (Lipinski definition) is 4. The number of aromatic nitrogens is 1. The standard InChI is InChI=1S/C15H17BrN4O3/c1-18-13(21)9-20(15(18)23)12-2-4-19(5-3-12)14(22)10-6-11(16)8-17-7-10/h6-8,12H,2-5,9H2,1H3. The quantitative estimate of drug-likeness (QED) is 0.725. The number of amides is 4. The van der Waals surface area contributed by atoms with Gasteiger partial charge in [0, 0.05) is 43.0 Å². The second kappa shape index (κ2) is 6.27. The molecule has 7 nitrogen and oxygen atoms in total. The number of likely N-dealkylation sites (tertiary alicyclic amines) is 1. The zero-order valence-electron chi connectivity index (χ0n) is 12.7. The molecule has 3 heterocycles. The molecule has 0 saturated carbocycles. The lowest BCUT2D eigenvalue weighted by Gasteiger charge is -2.36. The summed E-state index contributed by atoms with van der Waals surface area (Å²) in [6.07, 6.45) is 4.55. The molecule has 1 aromatic heterocycles. The van der Waals surface area contributed by atoms with E-state index in [9.17, 15) is 14.4 Å². The second-order valence-electron chi connectivity index (χ2n) is 5.78. The molecule has 0 unspecified atom stereocenters. The first-order valence-corrected chi connectivity index (χ1v) is 8.23. The molecule has 0 spiro atoms. The number of halogens is 1. The lowest BCUT2D eigenvalue weighted by Crippen LogP contribution is -2.47. The number of carbonyl (C=O) groups is 3. The summed E-state index contributed by atoms with van der Waals surface area (Å²) in [5, 5.41) is 0. The fraction of sp³-hybridized carbons (Fsp3) is 0.467. The highest BCUT2D eigenvalue weighted by Gasteiger charge is 2.39. The number of imide groups is 1. The molecule has 1 aromatic rings. The number of carbonyl (C=O) groups excluding carboxylic acids is 3. The molecule has 4 amide bonds. The van der Waals surface area contributed by atoms with Gasteiger partial charge in [-0.1, -0.05) is 0 Å². The van der Waals surface area contributed by atoms with Crippen LogP contribution in [-0.4, -0.2) is 70.3 Å². The Morgan fingerprint density at radius 3 is 2.52 bits per heavy atom. The molecule has 3 rings (SSSR count). The lowest BCUT2D eigenvalue weighted by molar-refractivity contribution is -0.124. The highest BCUT2D eigenvalue weighted by atomic mass is 79.9. The smallest absolute Gasteiger partial charge is 0.327 e. The van der Waals surface area contributed by atoms with Crippen molar-refractivity contribution in [3.05, 3.63) is 28.5 Å². The molecule has 8 heteroatoms. The van der Waals surface area contributed by atoms with E-state index in [0.29, 0.717) is 31.5 Å². The lowest BCUT2D eigenvalue weighted by atomic mass is 10.0. The molecule has 2 aliphatic rings. The van der Waals surface area contributed by atoms with Gasteiger partial charge in [-0.05, 0) is 34.8 Å². The van der Waals surface area contributed by atoms with Crippen LogP contribution in [0.25, 0.3) is 0 Å². The average molecular weight is 381 g/mol. The fourth-order valence-electron chi connectivity index (χ4n) is 3.00. The van der Waals surface area contributed by atoms with Crippen molar-refractivity contribution in [2.24, 2.45) is 0 Å². The van der Waals surface area contributed by atoms with Gasteiger partial charge in [-0.15, -0.1) is 0 Å². The minimum atomic E-state index is -0.240. The van der Waals surface area contributed by atoms with Crippen molar-refractivity contribution in [3.8, 4) is 0 Å². The number of urea groups is 1. The summed E-state index contributed by atoms with van der Waals surface area (Å²) < 4.78 is 0.766. The van der Waals surface area contributed by atoms with Gasteiger partial charge in [0.1, 0.15) is 6.54 Å². The van der Waals surface area contributed by atoms with E-state index in [-0.39, 0.29) is 30.4 Å². The molecular formula is C15H17BrN4O3. The van der Waals surface area contributed by atoms with Crippen molar-refractivity contribution >= 4 is 33.8 Å². The summed E-state index contributed by atoms with van der Waals surface area (Å²) in [6, 6.07) is 1.52. The minimum Gasteiger partial charge on any atom is -0.338 e. The Labute approximate surface area is 142 Å². The van der Waals surface area contributed by atoms with Crippen molar-refractivity contribution in [1.29, 1.82) is 0 Å². The molecule has 0 aliphatic carbocycles. The molecule has 2 fully saturated rings. The first kappa shape index (κ1) is 15.9. The van der Waals surface area contributed by atoms with E-state index in [0.717, 1.165) is 9.37 Å². The first-order valence-electron chi connectivity index (χ1n) is 7.44. The molecular weight excluding hydrogens is 364 g/mol. The van der Waals surface area contributed by atoms with Crippen molar-refractivity contribution in [3.63, 3.8) is 0 Å². The Morgan fingerprint density at radius 2 is 1.96 bits per heavy atom. The monoisotopic (exact) mass is 380 g/mol. The summed E-state index contributed by atoms with van der Waals surface area (Å²) in [6.45, 7) is 1.28. The topological polar surface area (TPSA) is 73.8 Å². The van der Waals surface area contributed by atoms with Crippen molar-refractivity contribution in [2.45, 2.75) is 18.9 Å². The molecule has 23 heavy (non-hydrogen) atoms. The Hall–Kier alpha value is -1.96. The fourth-order valence-corrected chi connectivity index (χ4v) is 3.36. The van der Waals surface area contributed by atoms with Crippen LogP contribution in [0, 0.1) is 0 Å². The number of likely N-dealkylation sites (N-methyl/N-ethyl adjacent to an activating group) is 1. The predicted molar refractivity (Wildman–Crippen MR) is 85.7 cm³/mol. The van der Waals surface area contributed by atoms with Crippen LogP contribution in [0.15, 0.2) is 22.9 Å². The average Bonchev–Trinajstić information content (AvgIpc) is 2.82. The van der Waals surface area contributed by atoms with Crippen LogP contribution < -0.4 is 0 Å². The van der Waals surface area contributed by atoms with Gasteiger partial charge in [-0.25, -0.2) is 4.79 Å². The van der Waals surface area contributed by atoms with Gasteiger partial charge in [0.25, 0.3) is 5.91 Å². The van der Waals surface area contributed by atoms with Crippen molar-refractivity contribution in [1.82, 2.24) is 19.7 Å². The molecule has 0 radical (unpaired) electrons. The van der Waals surface area contributed by atoms with Crippen LogP contribution in [0.4, 0.5) is 4.79 Å². The van der Waals surface area contributed by atoms with Gasteiger partial charge in [-0.2, -0.15) is 0 Å². The Kier molecular flexibility index (Phi) is 4.34. The molecule has 0 N–H and O–H groups in total. The number of hydrogen-bond donors (Lipinski definition) is 0. The number of piperidine rings is 1. The van der Waals surface area contributed by atoms with E-state index in [1.54, 1.807) is 28.3 Å². The van der Waals surface area contributed by atoms with Crippen LogP contribution in [0.5, 0.6) is 0 Å². The maximum atomic E-state index is 12.5. The summed E-state index contributed by atoms with van der Waals surface area (Å²) >= 11 is 3.31. The maximum Gasteiger partial charge on any atom is 0.327 e. The van der Waals surface area contributed by atoms with Crippen molar-refractivity contribution in [2.75, 3.05) is 26.7 Å². The van der Waals surface area contributed by atoms with E-state index in [4.69, 9.17) is 0 Å². The van der Waals surface area contributed by atoms with Gasteiger partial charge >= 0.3 is 6.03 Å². The molecule has 122 valence electrons. The predicted octanol–water partition coefficient (Wildman–Crippen LogP) is 1.34. The Morgan fingerprint density at radius 1 is 1.26 bits per heavy atom. The van der Waals surface area contributed by atoms with Crippen LogP contribution >= 0.6 is 15.9 Å². The summed E-state index contributed by atoms with van der Waals surface area (Å²) in [5.41, 5.74) is 0.546. The third-order valence-corrected chi connectivity index (χ3v) is 4.79. The SMILES string of the molecule is CN1C(=O)CN(C2CCN(C(=O)c3cncc(Br)c3)CC2)C1=O.